The number of hydrogen-bond acceptors (Lipinski definition) is 0. The first-order chi connectivity index (χ1) is 15.1. The molecule has 0 saturated carbocycles. The normalized spacial score (nSPS) is 15.0. The first kappa shape index (κ1) is 25.1. The highest BCUT2D eigenvalue weighted by molar-refractivity contribution is 5.81. The van der Waals surface area contributed by atoms with Crippen LogP contribution in [0.4, 0.5) is 0 Å². The van der Waals surface area contributed by atoms with E-state index < -0.39 is 0 Å². The summed E-state index contributed by atoms with van der Waals surface area (Å²) in [6.45, 7) is 19.0. The van der Waals surface area contributed by atoms with Crippen molar-refractivity contribution in [3.05, 3.63) is 58.7 Å². The van der Waals surface area contributed by atoms with E-state index in [1.54, 1.807) is 11.1 Å². The molecule has 176 valence electrons. The SMILES string of the molecule is CCCCCCCCC1(C)c2cc(C(C)(C)CC)ccc2-c2ccc(C(C)(C)CC)cc21. The average Bonchev–Trinajstić information content (AvgIpc) is 3.04. The average molecular weight is 433 g/mol. The maximum atomic E-state index is 2.57. The second-order valence-corrected chi connectivity index (χ2v) is 11.8. The summed E-state index contributed by atoms with van der Waals surface area (Å²) in [5, 5.41) is 0. The molecule has 0 bridgehead atoms. The van der Waals surface area contributed by atoms with Crippen molar-refractivity contribution < 1.29 is 0 Å². The van der Waals surface area contributed by atoms with Crippen molar-refractivity contribution in [1.82, 2.24) is 0 Å². The van der Waals surface area contributed by atoms with E-state index in [1.165, 1.54) is 80.0 Å². The van der Waals surface area contributed by atoms with E-state index in [9.17, 15) is 0 Å². The second-order valence-electron chi connectivity index (χ2n) is 11.8. The maximum Gasteiger partial charge on any atom is 0.0187 e. The molecule has 0 unspecified atom stereocenters. The van der Waals surface area contributed by atoms with Crippen LogP contribution in [0.25, 0.3) is 11.1 Å². The van der Waals surface area contributed by atoms with E-state index in [-0.39, 0.29) is 16.2 Å². The van der Waals surface area contributed by atoms with Crippen LogP contribution in [0.3, 0.4) is 0 Å². The lowest BCUT2D eigenvalue weighted by Crippen LogP contribution is -2.24. The van der Waals surface area contributed by atoms with Gasteiger partial charge in [-0.05, 0) is 63.5 Å². The van der Waals surface area contributed by atoms with Crippen LogP contribution >= 0.6 is 0 Å². The van der Waals surface area contributed by atoms with E-state index in [4.69, 9.17) is 0 Å². The third-order valence-corrected chi connectivity index (χ3v) is 8.88. The molecule has 0 heteroatoms. The minimum atomic E-state index is 0.120. The van der Waals surface area contributed by atoms with E-state index >= 15 is 0 Å². The third-order valence-electron chi connectivity index (χ3n) is 8.88. The zero-order chi connectivity index (χ0) is 23.6. The molecule has 0 fully saturated rings. The van der Waals surface area contributed by atoms with Gasteiger partial charge in [-0.25, -0.2) is 0 Å². The second kappa shape index (κ2) is 9.74. The molecule has 0 aromatic heterocycles. The Morgan fingerprint density at radius 1 is 0.625 bits per heavy atom. The fourth-order valence-electron chi connectivity index (χ4n) is 5.39. The van der Waals surface area contributed by atoms with Gasteiger partial charge in [0, 0.05) is 5.41 Å². The van der Waals surface area contributed by atoms with Gasteiger partial charge in [0.1, 0.15) is 0 Å². The highest BCUT2D eigenvalue weighted by atomic mass is 14.4. The monoisotopic (exact) mass is 432 g/mol. The van der Waals surface area contributed by atoms with Gasteiger partial charge >= 0.3 is 0 Å². The zero-order valence-electron chi connectivity index (χ0n) is 22.3. The first-order valence-corrected chi connectivity index (χ1v) is 13.4. The minimum Gasteiger partial charge on any atom is -0.0654 e. The summed E-state index contributed by atoms with van der Waals surface area (Å²) in [6.07, 6.45) is 11.8. The van der Waals surface area contributed by atoms with Gasteiger partial charge in [-0.15, -0.1) is 0 Å². The van der Waals surface area contributed by atoms with Crippen molar-refractivity contribution in [3.8, 4) is 11.1 Å². The molecule has 0 spiro atoms. The number of hydrogen-bond donors (Lipinski definition) is 0. The number of benzene rings is 2. The van der Waals surface area contributed by atoms with Gasteiger partial charge in [-0.2, -0.15) is 0 Å². The lowest BCUT2D eigenvalue weighted by atomic mass is 9.72. The molecule has 0 atom stereocenters. The maximum absolute atomic E-state index is 2.57. The van der Waals surface area contributed by atoms with Crippen LogP contribution in [0.2, 0.25) is 0 Å². The smallest absolute Gasteiger partial charge is 0.0187 e. The highest BCUT2D eigenvalue weighted by Gasteiger charge is 2.40. The van der Waals surface area contributed by atoms with Gasteiger partial charge in [-0.3, -0.25) is 0 Å². The molecule has 0 aliphatic heterocycles. The van der Waals surface area contributed by atoms with E-state index in [1.807, 2.05) is 0 Å². The Balaban J connectivity index is 2.03. The zero-order valence-corrected chi connectivity index (χ0v) is 22.3. The highest BCUT2D eigenvalue weighted by Crippen LogP contribution is 2.53. The van der Waals surface area contributed by atoms with Crippen LogP contribution in [0, 0.1) is 0 Å². The Morgan fingerprint density at radius 2 is 1.06 bits per heavy atom. The van der Waals surface area contributed by atoms with Crippen molar-refractivity contribution in [2.75, 3.05) is 0 Å². The van der Waals surface area contributed by atoms with E-state index in [0.717, 1.165) is 0 Å². The number of rotatable bonds is 11. The molecular formula is C32H48. The van der Waals surface area contributed by atoms with Crippen LogP contribution in [0.15, 0.2) is 36.4 Å². The quantitative estimate of drug-likeness (QED) is 0.310. The van der Waals surface area contributed by atoms with Crippen molar-refractivity contribution in [3.63, 3.8) is 0 Å². The minimum absolute atomic E-state index is 0.120. The fourth-order valence-corrected chi connectivity index (χ4v) is 5.39. The molecule has 0 heterocycles. The molecule has 1 aliphatic carbocycles. The number of unbranched alkanes of at least 4 members (excludes halogenated alkanes) is 5. The first-order valence-electron chi connectivity index (χ1n) is 13.4. The van der Waals surface area contributed by atoms with Gasteiger partial charge in [0.25, 0.3) is 0 Å². The molecule has 0 nitrogen and oxygen atoms in total. The fraction of sp³-hybridized carbons (Fsp3) is 0.625. The van der Waals surface area contributed by atoms with Gasteiger partial charge in [0.15, 0.2) is 0 Å². The molecule has 0 radical (unpaired) electrons. The van der Waals surface area contributed by atoms with Crippen LogP contribution < -0.4 is 0 Å². The third kappa shape index (κ3) is 4.71. The summed E-state index contributed by atoms with van der Waals surface area (Å²) < 4.78 is 0. The summed E-state index contributed by atoms with van der Waals surface area (Å²) in [5.41, 5.74) is 9.66. The molecule has 1 aliphatic rings. The molecule has 32 heavy (non-hydrogen) atoms. The Morgan fingerprint density at radius 3 is 1.50 bits per heavy atom. The van der Waals surface area contributed by atoms with Gasteiger partial charge in [0.2, 0.25) is 0 Å². The molecule has 0 saturated heterocycles. The van der Waals surface area contributed by atoms with Crippen molar-refractivity contribution in [1.29, 1.82) is 0 Å². The lowest BCUT2D eigenvalue weighted by Gasteiger charge is -2.31. The summed E-state index contributed by atoms with van der Waals surface area (Å²) in [6, 6.07) is 14.8. The standard InChI is InChI=1S/C32H48/c1-9-12-13-14-15-16-21-32(8)28-22-24(30(4,5)10-2)17-19-26(28)27-20-18-25(23-29(27)32)31(6,7)11-3/h17-20,22-23H,9-16,21H2,1-8H3. The van der Waals surface area contributed by atoms with E-state index in [0.29, 0.717) is 0 Å². The Bertz CT molecular complexity index is 846. The van der Waals surface area contributed by atoms with Gasteiger partial charge < -0.3 is 0 Å². The summed E-state index contributed by atoms with van der Waals surface area (Å²) in [5.74, 6) is 0. The summed E-state index contributed by atoms with van der Waals surface area (Å²) >= 11 is 0. The van der Waals surface area contributed by atoms with E-state index in [2.05, 4.69) is 91.8 Å². The molecule has 0 N–H and O–H groups in total. The van der Waals surface area contributed by atoms with Crippen molar-refractivity contribution in [2.45, 2.75) is 129 Å². The van der Waals surface area contributed by atoms with Crippen LogP contribution in [0.1, 0.15) is 135 Å². The van der Waals surface area contributed by atoms with Crippen molar-refractivity contribution >= 4 is 0 Å². The predicted molar refractivity (Wildman–Crippen MR) is 143 cm³/mol. The van der Waals surface area contributed by atoms with Gasteiger partial charge in [-0.1, -0.05) is 130 Å². The molecule has 2 aromatic rings. The number of fused-ring (bicyclic) bond motifs is 3. The van der Waals surface area contributed by atoms with Gasteiger partial charge in [0.05, 0.1) is 0 Å². The summed E-state index contributed by atoms with van der Waals surface area (Å²) in [4.78, 5) is 0. The lowest BCUT2D eigenvalue weighted by molar-refractivity contribution is 0.471. The molecule has 3 rings (SSSR count). The van der Waals surface area contributed by atoms with Crippen LogP contribution in [0.5, 0.6) is 0 Å². The Labute approximate surface area is 199 Å². The Hall–Kier alpha value is -1.56. The summed E-state index contributed by atoms with van der Waals surface area (Å²) in [7, 11) is 0. The largest absolute Gasteiger partial charge is 0.0654 e. The predicted octanol–water partition coefficient (Wildman–Crippen LogP) is 10.1. The molecular weight excluding hydrogens is 384 g/mol. The topological polar surface area (TPSA) is 0 Å². The van der Waals surface area contributed by atoms with Crippen molar-refractivity contribution in [2.24, 2.45) is 0 Å². The van der Waals surface area contributed by atoms with Crippen LogP contribution in [-0.4, -0.2) is 0 Å². The molecule has 0 amide bonds. The van der Waals surface area contributed by atoms with Crippen LogP contribution in [-0.2, 0) is 16.2 Å². The molecule has 2 aromatic carbocycles. The Kier molecular flexibility index (Phi) is 7.63.